The number of carbonyl (C=O) groups excluding carboxylic acids is 1. The topological polar surface area (TPSA) is 104 Å². The number of nitrogens with zero attached hydrogens (tertiary/aromatic N) is 3. The van der Waals surface area contributed by atoms with E-state index in [2.05, 4.69) is 25.0 Å². The van der Waals surface area contributed by atoms with Crippen LogP contribution < -0.4 is 10.1 Å². The van der Waals surface area contributed by atoms with Crippen molar-refractivity contribution < 1.29 is 23.7 Å². The fourth-order valence-electron chi connectivity index (χ4n) is 2.89. The molecule has 0 aromatic carbocycles. The molecular weight excluding hydrogens is 388 g/mol. The van der Waals surface area contributed by atoms with Crippen molar-refractivity contribution >= 4 is 17.8 Å². The van der Waals surface area contributed by atoms with E-state index in [0.29, 0.717) is 55.3 Å². The summed E-state index contributed by atoms with van der Waals surface area (Å²) in [6.45, 7) is 10.3. The van der Waals surface area contributed by atoms with Crippen LogP contribution in [-0.4, -0.2) is 73.8 Å². The zero-order valence-corrected chi connectivity index (χ0v) is 18.3. The number of esters is 1. The van der Waals surface area contributed by atoms with Crippen molar-refractivity contribution in [1.82, 2.24) is 10.3 Å². The van der Waals surface area contributed by atoms with Gasteiger partial charge in [-0.05, 0) is 40.7 Å². The Bertz CT molecular complexity index is 796. The number of aromatic nitrogens is 1. The number of nitrogens with one attached hydrogen (secondary N) is 1. The minimum atomic E-state index is -0.292. The molecule has 1 aromatic heterocycles. The molecule has 0 unspecified atom stereocenters. The van der Waals surface area contributed by atoms with Gasteiger partial charge in [0.15, 0.2) is 0 Å². The Morgan fingerprint density at radius 1 is 1.07 bits per heavy atom. The first-order valence-electron chi connectivity index (χ1n) is 10.1. The van der Waals surface area contributed by atoms with Crippen LogP contribution in [0.15, 0.2) is 22.1 Å². The van der Waals surface area contributed by atoms with Crippen molar-refractivity contribution in [1.29, 1.82) is 0 Å². The molecule has 2 aliphatic heterocycles. The molecule has 0 aliphatic carbocycles. The largest absolute Gasteiger partial charge is 0.493 e. The van der Waals surface area contributed by atoms with Crippen LogP contribution in [0.2, 0.25) is 0 Å². The molecule has 0 fully saturated rings. The Hall–Kier alpha value is -2.68. The SMILES string of the molecule is COC(=O)CNCCCOc1cc(C2=NC(C)(C)CO2)nc(C2=NC(C)(C)CO2)c1. The molecule has 1 N–H and O–H groups in total. The third-order valence-corrected chi connectivity index (χ3v) is 4.43. The lowest BCUT2D eigenvalue weighted by Gasteiger charge is -2.11. The van der Waals surface area contributed by atoms with Gasteiger partial charge in [-0.3, -0.25) is 4.79 Å². The lowest BCUT2D eigenvalue weighted by Crippen LogP contribution is -2.25. The number of ether oxygens (including phenoxy) is 4. The van der Waals surface area contributed by atoms with E-state index in [4.69, 9.17) is 14.2 Å². The van der Waals surface area contributed by atoms with E-state index >= 15 is 0 Å². The summed E-state index contributed by atoms with van der Waals surface area (Å²) in [5, 5.41) is 3.01. The lowest BCUT2D eigenvalue weighted by atomic mass is 10.1. The van der Waals surface area contributed by atoms with E-state index in [9.17, 15) is 4.79 Å². The van der Waals surface area contributed by atoms with Gasteiger partial charge in [-0.2, -0.15) is 0 Å². The Kier molecular flexibility index (Phi) is 6.60. The Morgan fingerprint density at radius 2 is 1.63 bits per heavy atom. The first kappa shape index (κ1) is 22.0. The van der Waals surface area contributed by atoms with Crippen LogP contribution in [0.25, 0.3) is 0 Å². The highest BCUT2D eigenvalue weighted by atomic mass is 16.5. The Labute approximate surface area is 176 Å². The molecule has 0 amide bonds. The molecule has 0 saturated carbocycles. The van der Waals surface area contributed by atoms with E-state index in [1.54, 1.807) is 0 Å². The number of hydrogen-bond acceptors (Lipinski definition) is 9. The summed E-state index contributed by atoms with van der Waals surface area (Å²) in [4.78, 5) is 25.0. The second-order valence-corrected chi connectivity index (χ2v) is 8.56. The third kappa shape index (κ3) is 5.91. The first-order chi connectivity index (χ1) is 14.2. The summed E-state index contributed by atoms with van der Waals surface area (Å²) in [7, 11) is 1.37. The number of methoxy groups -OCH3 is 1. The zero-order valence-electron chi connectivity index (χ0n) is 18.3. The molecule has 3 heterocycles. The van der Waals surface area contributed by atoms with Gasteiger partial charge in [0.1, 0.15) is 30.4 Å². The minimum Gasteiger partial charge on any atom is -0.493 e. The fraction of sp³-hybridized carbons (Fsp3) is 0.619. The fourth-order valence-corrected chi connectivity index (χ4v) is 2.89. The van der Waals surface area contributed by atoms with Crippen LogP contribution in [0.1, 0.15) is 45.5 Å². The quantitative estimate of drug-likeness (QED) is 0.481. The number of rotatable bonds is 9. The Morgan fingerprint density at radius 3 is 2.10 bits per heavy atom. The lowest BCUT2D eigenvalue weighted by molar-refractivity contribution is -0.139. The molecule has 0 atom stereocenters. The van der Waals surface area contributed by atoms with Crippen molar-refractivity contribution in [3.63, 3.8) is 0 Å². The standard InChI is InChI=1S/C21H30N4O5/c1-20(2)12-29-18(24-20)15-9-14(28-8-6-7-22-11-17(26)27-5)10-16(23-15)19-25-21(3,4)13-30-19/h9-10,22H,6-8,11-13H2,1-5H3. The summed E-state index contributed by atoms with van der Waals surface area (Å²) < 4.78 is 22.0. The highest BCUT2D eigenvalue weighted by Gasteiger charge is 2.31. The van der Waals surface area contributed by atoms with E-state index in [-0.39, 0.29) is 23.6 Å². The summed E-state index contributed by atoms with van der Waals surface area (Å²) in [6.07, 6.45) is 0.721. The highest BCUT2D eigenvalue weighted by Crippen LogP contribution is 2.25. The monoisotopic (exact) mass is 418 g/mol. The first-order valence-corrected chi connectivity index (χ1v) is 10.1. The summed E-state index contributed by atoms with van der Waals surface area (Å²) >= 11 is 0. The maximum Gasteiger partial charge on any atom is 0.319 e. The smallest absolute Gasteiger partial charge is 0.319 e. The van der Waals surface area contributed by atoms with Crippen molar-refractivity contribution in [3.8, 4) is 5.75 Å². The Balaban J connectivity index is 1.71. The number of hydrogen-bond donors (Lipinski definition) is 1. The van der Waals surface area contributed by atoms with Gasteiger partial charge in [-0.15, -0.1) is 0 Å². The zero-order chi connectivity index (χ0) is 21.8. The van der Waals surface area contributed by atoms with Crippen LogP contribution in [0, 0.1) is 0 Å². The van der Waals surface area contributed by atoms with Gasteiger partial charge in [-0.1, -0.05) is 0 Å². The molecular formula is C21H30N4O5. The van der Waals surface area contributed by atoms with Gasteiger partial charge in [-0.25, -0.2) is 15.0 Å². The highest BCUT2D eigenvalue weighted by molar-refractivity contribution is 5.98. The van der Waals surface area contributed by atoms with Gasteiger partial charge >= 0.3 is 5.97 Å². The van der Waals surface area contributed by atoms with Crippen LogP contribution >= 0.6 is 0 Å². The van der Waals surface area contributed by atoms with Crippen LogP contribution in [-0.2, 0) is 19.0 Å². The van der Waals surface area contributed by atoms with Crippen LogP contribution in [0.4, 0.5) is 0 Å². The average molecular weight is 418 g/mol. The van der Waals surface area contributed by atoms with Crippen molar-refractivity contribution in [2.45, 2.75) is 45.2 Å². The van der Waals surface area contributed by atoms with Gasteiger partial charge in [0.05, 0.1) is 31.3 Å². The molecule has 3 rings (SSSR count). The average Bonchev–Trinajstić information content (AvgIpc) is 3.25. The summed E-state index contributed by atoms with van der Waals surface area (Å²) in [6, 6.07) is 3.62. The maximum atomic E-state index is 11.1. The van der Waals surface area contributed by atoms with Gasteiger partial charge in [0.2, 0.25) is 11.8 Å². The van der Waals surface area contributed by atoms with E-state index in [0.717, 1.165) is 6.42 Å². The van der Waals surface area contributed by atoms with E-state index in [1.165, 1.54) is 7.11 Å². The number of aliphatic imine (C=N–C) groups is 2. The third-order valence-electron chi connectivity index (χ3n) is 4.43. The molecule has 0 spiro atoms. The predicted molar refractivity (Wildman–Crippen MR) is 112 cm³/mol. The molecule has 1 aromatic rings. The molecule has 164 valence electrons. The van der Waals surface area contributed by atoms with Crippen molar-refractivity contribution in [2.24, 2.45) is 9.98 Å². The van der Waals surface area contributed by atoms with Gasteiger partial charge in [0, 0.05) is 12.1 Å². The minimum absolute atomic E-state index is 0.181. The van der Waals surface area contributed by atoms with E-state index < -0.39 is 0 Å². The van der Waals surface area contributed by atoms with Crippen LogP contribution in [0.3, 0.4) is 0 Å². The molecule has 2 aliphatic rings. The molecule has 9 nitrogen and oxygen atoms in total. The van der Waals surface area contributed by atoms with Crippen molar-refractivity contribution in [3.05, 3.63) is 23.5 Å². The van der Waals surface area contributed by atoms with Gasteiger partial charge < -0.3 is 24.3 Å². The molecule has 0 bridgehead atoms. The second kappa shape index (κ2) is 8.99. The van der Waals surface area contributed by atoms with Crippen molar-refractivity contribution in [2.75, 3.05) is 40.0 Å². The normalized spacial score (nSPS) is 18.8. The molecule has 0 radical (unpaired) electrons. The summed E-state index contributed by atoms with van der Waals surface area (Å²) in [5.41, 5.74) is 0.603. The maximum absolute atomic E-state index is 11.1. The molecule has 9 heteroatoms. The van der Waals surface area contributed by atoms with Gasteiger partial charge in [0.25, 0.3) is 0 Å². The van der Waals surface area contributed by atoms with E-state index in [1.807, 2.05) is 39.8 Å². The number of carbonyl (C=O) groups is 1. The number of pyridine rings is 1. The molecule has 30 heavy (non-hydrogen) atoms. The second-order valence-electron chi connectivity index (χ2n) is 8.56. The summed E-state index contributed by atoms with van der Waals surface area (Å²) in [5.74, 6) is 1.32. The van der Waals surface area contributed by atoms with Crippen LogP contribution in [0.5, 0.6) is 5.75 Å². The predicted octanol–water partition coefficient (Wildman–Crippen LogP) is 1.72. The molecule has 0 saturated heterocycles.